The number of benzene rings is 2. The number of carbonyl (C=O) groups is 2. The van der Waals surface area contributed by atoms with Crippen LogP contribution in [0.2, 0.25) is 0 Å². The highest BCUT2D eigenvalue weighted by atomic mass is 16.5. The van der Waals surface area contributed by atoms with E-state index >= 15 is 0 Å². The Morgan fingerprint density at radius 3 is 2.67 bits per heavy atom. The van der Waals surface area contributed by atoms with Crippen LogP contribution in [0.3, 0.4) is 0 Å². The van der Waals surface area contributed by atoms with Gasteiger partial charge in [-0.1, -0.05) is 30.3 Å². The Kier molecular flexibility index (Phi) is 4.47. The van der Waals surface area contributed by atoms with Gasteiger partial charge in [-0.05, 0) is 18.2 Å². The lowest BCUT2D eigenvalue weighted by Gasteiger charge is -2.10. The van der Waals surface area contributed by atoms with Crippen molar-refractivity contribution >= 4 is 28.5 Å². The van der Waals surface area contributed by atoms with Crippen LogP contribution in [-0.2, 0) is 9.53 Å². The second kappa shape index (κ2) is 6.87. The summed E-state index contributed by atoms with van der Waals surface area (Å²) in [6.45, 7) is -0.379. The number of ether oxygens (including phenoxy) is 2. The van der Waals surface area contributed by atoms with Gasteiger partial charge in [0.1, 0.15) is 5.75 Å². The van der Waals surface area contributed by atoms with Crippen molar-refractivity contribution in [3.05, 3.63) is 60.3 Å². The molecule has 0 saturated carbocycles. The smallest absolute Gasteiger partial charge is 0.340 e. The molecule has 1 heterocycles. The minimum atomic E-state index is -0.553. The summed E-state index contributed by atoms with van der Waals surface area (Å²) in [4.78, 5) is 27.1. The van der Waals surface area contributed by atoms with E-state index in [1.165, 1.54) is 7.11 Å². The van der Waals surface area contributed by atoms with E-state index in [0.29, 0.717) is 17.0 Å². The fraction of sp³-hybridized carbons (Fsp3) is 0.111. The van der Waals surface area contributed by atoms with Gasteiger partial charge in [0.15, 0.2) is 6.61 Å². The topological polar surface area (TPSA) is 80.4 Å². The third-order valence-electron chi connectivity index (χ3n) is 3.52. The van der Waals surface area contributed by atoms with E-state index in [1.54, 1.807) is 30.5 Å². The maximum absolute atomic E-state index is 12.2. The molecule has 122 valence electrons. The number of esters is 1. The van der Waals surface area contributed by atoms with Crippen molar-refractivity contribution < 1.29 is 19.1 Å². The van der Waals surface area contributed by atoms with Gasteiger partial charge in [-0.3, -0.25) is 4.79 Å². The summed E-state index contributed by atoms with van der Waals surface area (Å²) >= 11 is 0. The van der Waals surface area contributed by atoms with Crippen molar-refractivity contribution in [2.45, 2.75) is 0 Å². The van der Waals surface area contributed by atoms with Gasteiger partial charge in [-0.15, -0.1) is 0 Å². The Balaban J connectivity index is 1.63. The second-order valence-electron chi connectivity index (χ2n) is 5.07. The van der Waals surface area contributed by atoms with Crippen LogP contribution >= 0.6 is 0 Å². The molecule has 0 aliphatic carbocycles. The van der Waals surface area contributed by atoms with Gasteiger partial charge in [-0.25, -0.2) is 4.79 Å². The average Bonchev–Trinajstić information content (AvgIpc) is 3.04. The molecule has 6 nitrogen and oxygen atoms in total. The lowest BCUT2D eigenvalue weighted by Crippen LogP contribution is -2.21. The lowest BCUT2D eigenvalue weighted by atomic mass is 10.2. The molecule has 3 aromatic rings. The summed E-state index contributed by atoms with van der Waals surface area (Å²) in [7, 11) is 1.52. The monoisotopic (exact) mass is 324 g/mol. The summed E-state index contributed by atoms with van der Waals surface area (Å²) in [5.41, 5.74) is 1.76. The zero-order valence-electron chi connectivity index (χ0n) is 13.0. The number of carbonyl (C=O) groups excluding carboxylic acids is 2. The molecule has 0 unspecified atom stereocenters. The number of aromatic nitrogens is 1. The summed E-state index contributed by atoms with van der Waals surface area (Å²) in [5, 5.41) is 3.41. The molecule has 3 rings (SSSR count). The minimum Gasteiger partial charge on any atom is -0.495 e. The van der Waals surface area contributed by atoms with Crippen molar-refractivity contribution in [3.8, 4) is 5.75 Å². The van der Waals surface area contributed by atoms with E-state index in [1.807, 2.05) is 24.3 Å². The van der Waals surface area contributed by atoms with Gasteiger partial charge in [-0.2, -0.15) is 0 Å². The fourth-order valence-corrected chi connectivity index (χ4v) is 2.38. The molecule has 1 amide bonds. The van der Waals surface area contributed by atoms with Gasteiger partial charge < -0.3 is 19.8 Å². The highest BCUT2D eigenvalue weighted by Crippen LogP contribution is 2.23. The lowest BCUT2D eigenvalue weighted by molar-refractivity contribution is -0.119. The zero-order valence-corrected chi connectivity index (χ0v) is 13.0. The first-order valence-electron chi connectivity index (χ1n) is 7.35. The van der Waals surface area contributed by atoms with Crippen LogP contribution in [-0.4, -0.2) is 30.6 Å². The van der Waals surface area contributed by atoms with Crippen LogP contribution in [0, 0.1) is 0 Å². The summed E-state index contributed by atoms with van der Waals surface area (Å²) in [5.74, 6) is -0.455. The highest BCUT2D eigenvalue weighted by molar-refractivity contribution is 6.05. The van der Waals surface area contributed by atoms with E-state index in [0.717, 1.165) is 10.9 Å². The molecule has 24 heavy (non-hydrogen) atoms. The Morgan fingerprint density at radius 2 is 1.83 bits per heavy atom. The van der Waals surface area contributed by atoms with Crippen molar-refractivity contribution in [1.29, 1.82) is 0 Å². The maximum Gasteiger partial charge on any atom is 0.340 e. The van der Waals surface area contributed by atoms with Crippen LogP contribution in [0.25, 0.3) is 10.9 Å². The number of H-pyrrole nitrogens is 1. The van der Waals surface area contributed by atoms with E-state index in [4.69, 9.17) is 9.47 Å². The first kappa shape index (κ1) is 15.6. The van der Waals surface area contributed by atoms with Crippen LogP contribution in [0.15, 0.2) is 54.7 Å². The number of amides is 1. The number of anilines is 1. The molecule has 0 atom stereocenters. The van der Waals surface area contributed by atoms with Gasteiger partial charge >= 0.3 is 5.97 Å². The molecular formula is C18H16N2O4. The molecule has 0 spiro atoms. The molecular weight excluding hydrogens is 308 g/mol. The fourth-order valence-electron chi connectivity index (χ4n) is 2.38. The SMILES string of the molecule is COc1ccccc1NC(=O)COC(=O)c1c[nH]c2ccccc12. The third kappa shape index (κ3) is 3.22. The number of para-hydroxylation sites is 3. The molecule has 1 aromatic heterocycles. The molecule has 6 heteroatoms. The highest BCUT2D eigenvalue weighted by Gasteiger charge is 2.15. The standard InChI is InChI=1S/C18H16N2O4/c1-23-16-9-5-4-8-15(16)20-17(21)11-24-18(22)13-10-19-14-7-3-2-6-12(13)14/h2-10,19H,11H2,1H3,(H,20,21). The minimum absolute atomic E-state index is 0.379. The number of fused-ring (bicyclic) bond motifs is 1. The van der Waals surface area contributed by atoms with Gasteiger partial charge in [0.05, 0.1) is 18.4 Å². The summed E-state index contributed by atoms with van der Waals surface area (Å²) in [6.07, 6.45) is 1.57. The van der Waals surface area contributed by atoms with Gasteiger partial charge in [0.25, 0.3) is 5.91 Å². The third-order valence-corrected chi connectivity index (χ3v) is 3.52. The quantitative estimate of drug-likeness (QED) is 0.707. The van der Waals surface area contributed by atoms with E-state index in [2.05, 4.69) is 10.3 Å². The second-order valence-corrected chi connectivity index (χ2v) is 5.07. The predicted octanol–water partition coefficient (Wildman–Crippen LogP) is 2.97. The van der Waals surface area contributed by atoms with E-state index < -0.39 is 11.9 Å². The van der Waals surface area contributed by atoms with Crippen LogP contribution in [0.1, 0.15) is 10.4 Å². The Bertz CT molecular complexity index is 885. The molecule has 0 fully saturated rings. The molecule has 0 radical (unpaired) electrons. The van der Waals surface area contributed by atoms with Gasteiger partial charge in [0.2, 0.25) is 0 Å². The first-order chi connectivity index (χ1) is 11.7. The van der Waals surface area contributed by atoms with Crippen molar-refractivity contribution in [2.24, 2.45) is 0 Å². The number of nitrogens with one attached hydrogen (secondary N) is 2. The van der Waals surface area contributed by atoms with Crippen LogP contribution in [0.5, 0.6) is 5.75 Å². The molecule has 0 bridgehead atoms. The zero-order chi connectivity index (χ0) is 16.9. The number of rotatable bonds is 5. The molecule has 2 N–H and O–H groups in total. The Labute approximate surface area is 138 Å². The maximum atomic E-state index is 12.2. The molecule has 0 saturated heterocycles. The number of methoxy groups -OCH3 is 1. The Morgan fingerprint density at radius 1 is 1.08 bits per heavy atom. The number of aromatic amines is 1. The Hall–Kier alpha value is -3.28. The number of hydrogen-bond donors (Lipinski definition) is 2. The molecule has 0 aliphatic rings. The van der Waals surface area contributed by atoms with Crippen molar-refractivity contribution in [2.75, 3.05) is 19.0 Å². The largest absolute Gasteiger partial charge is 0.495 e. The molecule has 0 aliphatic heterocycles. The average molecular weight is 324 g/mol. The van der Waals surface area contributed by atoms with E-state index in [-0.39, 0.29) is 6.61 Å². The van der Waals surface area contributed by atoms with Crippen molar-refractivity contribution in [3.63, 3.8) is 0 Å². The molecule has 2 aromatic carbocycles. The summed E-state index contributed by atoms with van der Waals surface area (Å²) in [6, 6.07) is 14.4. The van der Waals surface area contributed by atoms with E-state index in [9.17, 15) is 9.59 Å². The van der Waals surface area contributed by atoms with Gasteiger partial charge in [0, 0.05) is 17.1 Å². The normalized spacial score (nSPS) is 10.4. The van der Waals surface area contributed by atoms with Crippen LogP contribution < -0.4 is 10.1 Å². The van der Waals surface area contributed by atoms with Crippen LogP contribution in [0.4, 0.5) is 5.69 Å². The first-order valence-corrected chi connectivity index (χ1v) is 7.35. The summed E-state index contributed by atoms with van der Waals surface area (Å²) < 4.78 is 10.2. The number of hydrogen-bond acceptors (Lipinski definition) is 4. The van der Waals surface area contributed by atoms with Crippen molar-refractivity contribution in [1.82, 2.24) is 4.98 Å². The predicted molar refractivity (Wildman–Crippen MR) is 90.2 cm³/mol.